The fraction of sp³-hybridized carbons (Fsp3) is 0.500. The summed E-state index contributed by atoms with van der Waals surface area (Å²) in [6, 6.07) is 8.16. The van der Waals surface area contributed by atoms with E-state index in [9.17, 15) is 4.79 Å². The Hall–Kier alpha value is -1.06. The summed E-state index contributed by atoms with van der Waals surface area (Å²) in [5.41, 5.74) is 2.42. The average molecular weight is 269 g/mol. The van der Waals surface area contributed by atoms with Gasteiger partial charge in [0.2, 0.25) is 5.91 Å². The third-order valence-corrected chi connectivity index (χ3v) is 3.34. The first-order valence-corrected chi connectivity index (χ1v) is 6.33. The molecule has 0 radical (unpaired) electrons. The largest absolute Gasteiger partial charge is 0.351 e. The number of rotatable bonds is 3. The Labute approximate surface area is 115 Å². The van der Waals surface area contributed by atoms with Gasteiger partial charge in [0.25, 0.3) is 0 Å². The van der Waals surface area contributed by atoms with Crippen LogP contribution in [0.4, 0.5) is 0 Å². The first kappa shape index (κ1) is 15.0. The molecule has 1 fully saturated rings. The second-order valence-corrected chi connectivity index (χ2v) is 4.65. The van der Waals surface area contributed by atoms with E-state index >= 15 is 0 Å². The molecular formula is C14H21ClN2O. The third kappa shape index (κ3) is 4.00. The van der Waals surface area contributed by atoms with E-state index in [0.29, 0.717) is 6.54 Å². The molecule has 2 rings (SSSR count). The number of hydrogen-bond acceptors (Lipinski definition) is 2. The van der Waals surface area contributed by atoms with Gasteiger partial charge in [-0.05, 0) is 37.4 Å². The zero-order chi connectivity index (χ0) is 12.1. The number of carbonyl (C=O) groups is 1. The van der Waals surface area contributed by atoms with Gasteiger partial charge >= 0.3 is 0 Å². The average Bonchev–Trinajstić information content (AvgIpc) is 2.38. The van der Waals surface area contributed by atoms with Crippen LogP contribution in [0.25, 0.3) is 0 Å². The molecule has 1 aromatic carbocycles. The molecule has 1 saturated heterocycles. The highest BCUT2D eigenvalue weighted by Gasteiger charge is 2.19. The van der Waals surface area contributed by atoms with E-state index in [1.54, 1.807) is 0 Å². The van der Waals surface area contributed by atoms with Gasteiger partial charge in [0.15, 0.2) is 0 Å². The van der Waals surface area contributed by atoms with Crippen molar-refractivity contribution in [2.75, 3.05) is 6.54 Å². The maximum absolute atomic E-state index is 11.9. The molecule has 0 saturated carbocycles. The molecule has 3 nitrogen and oxygen atoms in total. The van der Waals surface area contributed by atoms with Crippen LogP contribution in [-0.4, -0.2) is 18.5 Å². The lowest BCUT2D eigenvalue weighted by Crippen LogP contribution is -2.46. The molecule has 100 valence electrons. The quantitative estimate of drug-likeness (QED) is 0.882. The summed E-state index contributed by atoms with van der Waals surface area (Å²) in [5, 5.41) is 6.27. The van der Waals surface area contributed by atoms with Crippen molar-refractivity contribution < 1.29 is 4.79 Å². The lowest BCUT2D eigenvalue weighted by Gasteiger charge is -2.22. The van der Waals surface area contributed by atoms with Gasteiger partial charge in [0.1, 0.15) is 0 Å². The van der Waals surface area contributed by atoms with E-state index in [1.807, 2.05) is 12.1 Å². The molecule has 1 heterocycles. The van der Waals surface area contributed by atoms with E-state index < -0.39 is 0 Å². The van der Waals surface area contributed by atoms with Crippen LogP contribution >= 0.6 is 12.4 Å². The van der Waals surface area contributed by atoms with Gasteiger partial charge in [-0.15, -0.1) is 12.4 Å². The van der Waals surface area contributed by atoms with Crippen LogP contribution in [-0.2, 0) is 11.3 Å². The first-order chi connectivity index (χ1) is 8.27. The number of carbonyl (C=O) groups excluding carboxylic acids is 1. The molecule has 0 aliphatic carbocycles. The molecule has 2 N–H and O–H groups in total. The van der Waals surface area contributed by atoms with E-state index in [4.69, 9.17) is 0 Å². The predicted molar refractivity (Wildman–Crippen MR) is 75.9 cm³/mol. The number of hydrogen-bond donors (Lipinski definition) is 2. The minimum atomic E-state index is 0. The van der Waals surface area contributed by atoms with Gasteiger partial charge in [-0.25, -0.2) is 0 Å². The van der Waals surface area contributed by atoms with Crippen LogP contribution in [0.5, 0.6) is 0 Å². The number of halogens is 1. The van der Waals surface area contributed by atoms with Gasteiger partial charge < -0.3 is 10.6 Å². The fourth-order valence-electron chi connectivity index (χ4n) is 2.19. The van der Waals surface area contributed by atoms with Gasteiger partial charge in [-0.2, -0.15) is 0 Å². The molecule has 0 unspecified atom stereocenters. The highest BCUT2D eigenvalue weighted by molar-refractivity contribution is 5.85. The first-order valence-electron chi connectivity index (χ1n) is 6.33. The van der Waals surface area contributed by atoms with E-state index in [2.05, 4.69) is 29.7 Å². The predicted octanol–water partition coefficient (Wildman–Crippen LogP) is 2.18. The van der Waals surface area contributed by atoms with Crippen molar-refractivity contribution in [3.63, 3.8) is 0 Å². The second kappa shape index (κ2) is 7.39. The molecule has 18 heavy (non-hydrogen) atoms. The maximum Gasteiger partial charge on any atom is 0.237 e. The second-order valence-electron chi connectivity index (χ2n) is 4.65. The summed E-state index contributed by atoms with van der Waals surface area (Å²) in [6.45, 7) is 3.66. The fourth-order valence-corrected chi connectivity index (χ4v) is 2.19. The normalized spacial score (nSPS) is 18.8. The Bertz CT molecular complexity index is 389. The van der Waals surface area contributed by atoms with Crippen LogP contribution in [0.2, 0.25) is 0 Å². The molecule has 1 aromatic rings. The minimum absolute atomic E-state index is 0. The molecule has 0 aromatic heterocycles. The zero-order valence-corrected chi connectivity index (χ0v) is 11.6. The molecular weight excluding hydrogens is 248 g/mol. The van der Waals surface area contributed by atoms with Crippen molar-refractivity contribution >= 4 is 18.3 Å². The maximum atomic E-state index is 11.9. The molecule has 0 spiro atoms. The van der Waals surface area contributed by atoms with Crippen molar-refractivity contribution in [3.8, 4) is 0 Å². The third-order valence-electron chi connectivity index (χ3n) is 3.34. The monoisotopic (exact) mass is 268 g/mol. The van der Waals surface area contributed by atoms with Gasteiger partial charge in [0.05, 0.1) is 6.04 Å². The van der Waals surface area contributed by atoms with E-state index in [1.165, 1.54) is 17.5 Å². The highest BCUT2D eigenvalue weighted by atomic mass is 35.5. The summed E-state index contributed by atoms with van der Waals surface area (Å²) in [6.07, 6.45) is 3.29. The zero-order valence-electron chi connectivity index (χ0n) is 10.7. The summed E-state index contributed by atoms with van der Waals surface area (Å²) in [4.78, 5) is 11.9. The summed E-state index contributed by atoms with van der Waals surface area (Å²) < 4.78 is 0. The highest BCUT2D eigenvalue weighted by Crippen LogP contribution is 2.09. The Kier molecular flexibility index (Phi) is 6.16. The minimum Gasteiger partial charge on any atom is -0.351 e. The number of amides is 1. The summed E-state index contributed by atoms with van der Waals surface area (Å²) >= 11 is 0. The Balaban J connectivity index is 0.00000162. The van der Waals surface area contributed by atoms with Crippen LogP contribution in [0.15, 0.2) is 24.3 Å². The molecule has 1 aliphatic heterocycles. The Morgan fingerprint density at radius 1 is 1.39 bits per heavy atom. The Morgan fingerprint density at radius 3 is 2.83 bits per heavy atom. The molecule has 0 bridgehead atoms. The number of benzene rings is 1. The molecule has 1 atom stereocenters. The number of aryl methyl sites for hydroxylation is 1. The van der Waals surface area contributed by atoms with Crippen LogP contribution in [0.1, 0.15) is 30.4 Å². The number of piperidine rings is 1. The van der Waals surface area contributed by atoms with Gasteiger partial charge in [-0.3, -0.25) is 4.79 Å². The van der Waals surface area contributed by atoms with Crippen molar-refractivity contribution in [2.24, 2.45) is 0 Å². The summed E-state index contributed by atoms with van der Waals surface area (Å²) in [5.74, 6) is 0.132. The molecule has 4 heteroatoms. The van der Waals surface area contributed by atoms with Gasteiger partial charge in [-0.1, -0.05) is 30.7 Å². The molecule has 1 aliphatic rings. The Morgan fingerprint density at radius 2 is 2.17 bits per heavy atom. The lowest BCUT2D eigenvalue weighted by molar-refractivity contribution is -0.123. The number of nitrogens with one attached hydrogen (secondary N) is 2. The van der Waals surface area contributed by atoms with Crippen molar-refractivity contribution in [1.29, 1.82) is 0 Å². The van der Waals surface area contributed by atoms with E-state index in [-0.39, 0.29) is 24.4 Å². The van der Waals surface area contributed by atoms with Crippen molar-refractivity contribution in [1.82, 2.24) is 10.6 Å². The lowest BCUT2D eigenvalue weighted by atomic mass is 10.0. The van der Waals surface area contributed by atoms with Crippen LogP contribution < -0.4 is 10.6 Å². The summed E-state index contributed by atoms with van der Waals surface area (Å²) in [7, 11) is 0. The van der Waals surface area contributed by atoms with Crippen molar-refractivity contribution in [2.45, 2.75) is 38.8 Å². The smallest absolute Gasteiger partial charge is 0.237 e. The SMILES string of the molecule is Cc1ccccc1CNC(=O)[C@@H]1CCCCN1.Cl. The van der Waals surface area contributed by atoms with Gasteiger partial charge in [0, 0.05) is 6.54 Å². The standard InChI is InChI=1S/C14H20N2O.ClH/c1-11-6-2-3-7-12(11)10-16-14(17)13-8-4-5-9-15-13;/h2-3,6-7,13,15H,4-5,8-10H2,1H3,(H,16,17);1H/t13-;/m0./s1. The topological polar surface area (TPSA) is 41.1 Å². The van der Waals surface area contributed by atoms with E-state index in [0.717, 1.165) is 19.4 Å². The molecule has 1 amide bonds. The van der Waals surface area contributed by atoms with Crippen LogP contribution in [0.3, 0.4) is 0 Å². The van der Waals surface area contributed by atoms with Crippen molar-refractivity contribution in [3.05, 3.63) is 35.4 Å². The van der Waals surface area contributed by atoms with Crippen LogP contribution in [0, 0.1) is 6.92 Å².